The van der Waals surface area contributed by atoms with Gasteiger partial charge in [-0.05, 0) is 38.1 Å². The van der Waals surface area contributed by atoms with Crippen molar-refractivity contribution in [2.45, 2.75) is 53.0 Å². The molecule has 7 heteroatoms. The first-order valence-corrected chi connectivity index (χ1v) is 9.57. The fraction of sp³-hybridized carbons (Fsp3) is 0.706. The summed E-state index contributed by atoms with van der Waals surface area (Å²) in [4.78, 5) is 19.4. The van der Waals surface area contributed by atoms with Gasteiger partial charge in [0.05, 0.1) is 11.4 Å². The number of aromatic nitrogens is 3. The predicted molar refractivity (Wildman–Crippen MR) is 96.4 cm³/mol. The number of carbonyl (C=O) groups excluding carboxylic acids is 1. The van der Waals surface area contributed by atoms with Crippen LogP contribution in [0.25, 0.3) is 4.96 Å². The zero-order valence-corrected chi connectivity index (χ0v) is 15.8. The molecule has 0 spiro atoms. The van der Waals surface area contributed by atoms with Crippen molar-refractivity contribution >= 4 is 22.2 Å². The highest BCUT2D eigenvalue weighted by Gasteiger charge is 2.24. The van der Waals surface area contributed by atoms with Crippen LogP contribution >= 0.6 is 11.3 Å². The summed E-state index contributed by atoms with van der Waals surface area (Å²) in [7, 11) is 0. The molecule has 0 aliphatic carbocycles. The van der Waals surface area contributed by atoms with Gasteiger partial charge in [-0.2, -0.15) is 5.10 Å². The number of nitrogens with zero attached hydrogens (tertiary/aromatic N) is 4. The third-order valence-electron chi connectivity index (χ3n) is 4.59. The molecule has 0 bridgehead atoms. The van der Waals surface area contributed by atoms with Gasteiger partial charge in [-0.1, -0.05) is 25.2 Å². The first-order chi connectivity index (χ1) is 11.4. The van der Waals surface area contributed by atoms with Gasteiger partial charge in [0.2, 0.25) is 10.9 Å². The Hall–Kier alpha value is -1.47. The summed E-state index contributed by atoms with van der Waals surface area (Å²) in [5.74, 6) is 0.990. The topological polar surface area (TPSA) is 62.5 Å². The Bertz CT molecular complexity index is 720. The number of nitrogens with one attached hydrogen (secondary N) is 1. The summed E-state index contributed by atoms with van der Waals surface area (Å²) in [6.07, 6.45) is 2.37. The van der Waals surface area contributed by atoms with Crippen LogP contribution in [-0.2, 0) is 11.3 Å². The number of rotatable bonds is 5. The second-order valence-electron chi connectivity index (χ2n) is 7.09. The van der Waals surface area contributed by atoms with E-state index in [0.717, 1.165) is 41.8 Å². The second-order valence-corrected chi connectivity index (χ2v) is 8.25. The molecule has 3 heterocycles. The van der Waals surface area contributed by atoms with Crippen LogP contribution in [0.1, 0.15) is 55.9 Å². The summed E-state index contributed by atoms with van der Waals surface area (Å²) in [6.45, 7) is 11.8. The Morgan fingerprint density at radius 1 is 1.46 bits per heavy atom. The minimum atomic E-state index is 0.0599. The van der Waals surface area contributed by atoms with Crippen LogP contribution in [0.3, 0.4) is 0 Å². The molecule has 132 valence electrons. The molecule has 1 unspecified atom stereocenters. The smallest absolute Gasteiger partial charge is 0.216 e. The maximum Gasteiger partial charge on any atom is 0.216 e. The molecule has 6 nitrogen and oxygen atoms in total. The van der Waals surface area contributed by atoms with Crippen molar-refractivity contribution < 1.29 is 4.79 Å². The number of fused-ring (bicyclic) bond motifs is 1. The monoisotopic (exact) mass is 349 g/mol. The maximum atomic E-state index is 11.1. The van der Waals surface area contributed by atoms with Crippen LogP contribution in [0.5, 0.6) is 0 Å². The molecule has 24 heavy (non-hydrogen) atoms. The van der Waals surface area contributed by atoms with E-state index in [2.05, 4.69) is 29.2 Å². The number of imidazole rings is 1. The van der Waals surface area contributed by atoms with Crippen LogP contribution in [0.4, 0.5) is 0 Å². The number of likely N-dealkylation sites (tertiary alicyclic amines) is 1. The molecule has 1 saturated heterocycles. The standard InChI is InChI=1S/C17H27N5OS/c1-11(2)16-15(22-17(19-16)24-13(4)20-22)10-21-7-5-6-14(9-21)8-18-12(3)23/h11,14H,5-10H2,1-4H3,(H,18,23). The van der Waals surface area contributed by atoms with Gasteiger partial charge in [0.25, 0.3) is 0 Å². The lowest BCUT2D eigenvalue weighted by Crippen LogP contribution is -2.40. The number of hydrogen-bond donors (Lipinski definition) is 1. The van der Waals surface area contributed by atoms with Gasteiger partial charge >= 0.3 is 0 Å². The van der Waals surface area contributed by atoms with Gasteiger partial charge < -0.3 is 5.32 Å². The van der Waals surface area contributed by atoms with Gasteiger partial charge in [-0.15, -0.1) is 0 Å². The zero-order chi connectivity index (χ0) is 17.3. The Labute approximate surface area is 147 Å². The van der Waals surface area contributed by atoms with Gasteiger partial charge in [0, 0.05) is 26.6 Å². The van der Waals surface area contributed by atoms with Crippen molar-refractivity contribution in [3.63, 3.8) is 0 Å². The molecule has 2 aromatic rings. The number of amides is 1. The Morgan fingerprint density at radius 2 is 2.25 bits per heavy atom. The van der Waals surface area contributed by atoms with E-state index in [1.165, 1.54) is 18.5 Å². The maximum absolute atomic E-state index is 11.1. The minimum Gasteiger partial charge on any atom is -0.356 e. The van der Waals surface area contributed by atoms with E-state index in [-0.39, 0.29) is 5.91 Å². The molecule has 0 aromatic carbocycles. The quantitative estimate of drug-likeness (QED) is 0.901. The molecular weight excluding hydrogens is 322 g/mol. The highest BCUT2D eigenvalue weighted by Crippen LogP contribution is 2.26. The lowest BCUT2D eigenvalue weighted by Gasteiger charge is -2.32. The fourth-order valence-electron chi connectivity index (χ4n) is 3.47. The van der Waals surface area contributed by atoms with Crippen molar-refractivity contribution in [1.29, 1.82) is 0 Å². The van der Waals surface area contributed by atoms with Crippen molar-refractivity contribution in [1.82, 2.24) is 24.8 Å². The number of hydrogen-bond acceptors (Lipinski definition) is 5. The van der Waals surface area contributed by atoms with Crippen molar-refractivity contribution in [3.8, 4) is 0 Å². The molecule has 2 aromatic heterocycles. The Kier molecular flexibility index (Phi) is 5.20. The average molecular weight is 350 g/mol. The third-order valence-corrected chi connectivity index (χ3v) is 5.42. The van der Waals surface area contributed by atoms with E-state index in [0.29, 0.717) is 11.8 Å². The minimum absolute atomic E-state index is 0.0599. The van der Waals surface area contributed by atoms with Gasteiger partial charge in [-0.25, -0.2) is 9.50 Å². The summed E-state index contributed by atoms with van der Waals surface area (Å²) in [5.41, 5.74) is 2.39. The highest BCUT2D eigenvalue weighted by molar-refractivity contribution is 7.16. The fourth-order valence-corrected chi connectivity index (χ4v) is 4.24. The molecule has 1 fully saturated rings. The molecule has 0 saturated carbocycles. The Balaban J connectivity index is 1.76. The first-order valence-electron chi connectivity index (χ1n) is 8.75. The van der Waals surface area contributed by atoms with E-state index >= 15 is 0 Å². The number of piperidine rings is 1. The average Bonchev–Trinajstić information content (AvgIpc) is 3.03. The SMILES string of the molecule is CC(=O)NCC1CCCN(Cc2c(C(C)C)nc3sc(C)nn23)C1. The number of carbonyl (C=O) groups is 1. The molecular formula is C17H27N5OS. The van der Waals surface area contributed by atoms with Crippen molar-refractivity contribution in [2.24, 2.45) is 5.92 Å². The second kappa shape index (κ2) is 7.19. The molecule has 1 aliphatic heterocycles. The van der Waals surface area contributed by atoms with Crippen molar-refractivity contribution in [2.75, 3.05) is 19.6 Å². The lowest BCUT2D eigenvalue weighted by atomic mass is 9.97. The van der Waals surface area contributed by atoms with E-state index < -0.39 is 0 Å². The van der Waals surface area contributed by atoms with E-state index in [1.807, 2.05) is 11.4 Å². The van der Waals surface area contributed by atoms with Crippen LogP contribution < -0.4 is 5.32 Å². The normalized spacial score (nSPS) is 19.3. The molecule has 3 rings (SSSR count). The summed E-state index contributed by atoms with van der Waals surface area (Å²) in [6, 6.07) is 0. The number of aryl methyl sites for hydroxylation is 1. The van der Waals surface area contributed by atoms with Gasteiger partial charge in [0.1, 0.15) is 5.01 Å². The van der Waals surface area contributed by atoms with Crippen LogP contribution in [0.2, 0.25) is 0 Å². The molecule has 1 N–H and O–H groups in total. The largest absolute Gasteiger partial charge is 0.356 e. The molecule has 0 radical (unpaired) electrons. The molecule has 1 aliphatic rings. The van der Waals surface area contributed by atoms with Gasteiger partial charge in [-0.3, -0.25) is 9.69 Å². The first kappa shape index (κ1) is 17.4. The predicted octanol–water partition coefficient (Wildman–Crippen LogP) is 2.57. The van der Waals surface area contributed by atoms with Crippen LogP contribution in [0, 0.1) is 12.8 Å². The van der Waals surface area contributed by atoms with Crippen LogP contribution in [0.15, 0.2) is 0 Å². The lowest BCUT2D eigenvalue weighted by molar-refractivity contribution is -0.119. The van der Waals surface area contributed by atoms with Crippen LogP contribution in [-0.4, -0.2) is 45.0 Å². The van der Waals surface area contributed by atoms with E-state index in [1.54, 1.807) is 18.3 Å². The Morgan fingerprint density at radius 3 is 2.96 bits per heavy atom. The summed E-state index contributed by atoms with van der Waals surface area (Å²) < 4.78 is 2.03. The highest BCUT2D eigenvalue weighted by atomic mass is 32.1. The van der Waals surface area contributed by atoms with Crippen molar-refractivity contribution in [3.05, 3.63) is 16.4 Å². The van der Waals surface area contributed by atoms with E-state index in [4.69, 9.17) is 4.98 Å². The van der Waals surface area contributed by atoms with E-state index in [9.17, 15) is 4.79 Å². The molecule has 1 amide bonds. The van der Waals surface area contributed by atoms with Gasteiger partial charge in [0.15, 0.2) is 0 Å². The summed E-state index contributed by atoms with van der Waals surface area (Å²) in [5, 5.41) is 8.66. The zero-order valence-electron chi connectivity index (χ0n) is 15.0. The third kappa shape index (κ3) is 3.78. The summed E-state index contributed by atoms with van der Waals surface area (Å²) >= 11 is 1.65. The molecule has 1 atom stereocenters.